The molecule has 4 nitrogen and oxygen atoms in total. The van der Waals surface area contributed by atoms with E-state index in [0.29, 0.717) is 12.6 Å². The SMILES string of the molecule is CC(C)OC(=O)CN1CCC(N)CC1C. The van der Waals surface area contributed by atoms with Gasteiger partial charge in [0.25, 0.3) is 0 Å². The van der Waals surface area contributed by atoms with Gasteiger partial charge in [0.2, 0.25) is 0 Å². The molecule has 1 fully saturated rings. The average Bonchev–Trinajstić information content (AvgIpc) is 2.08. The number of likely N-dealkylation sites (tertiary alicyclic amines) is 1. The maximum absolute atomic E-state index is 11.5. The summed E-state index contributed by atoms with van der Waals surface area (Å²) in [6.45, 7) is 7.14. The van der Waals surface area contributed by atoms with Crippen LogP contribution in [0, 0.1) is 0 Å². The van der Waals surface area contributed by atoms with Crippen LogP contribution in [0.25, 0.3) is 0 Å². The van der Waals surface area contributed by atoms with Crippen LogP contribution < -0.4 is 5.73 Å². The largest absolute Gasteiger partial charge is 0.462 e. The molecule has 0 aliphatic carbocycles. The highest BCUT2D eigenvalue weighted by Gasteiger charge is 2.25. The number of hydrogen-bond donors (Lipinski definition) is 1. The van der Waals surface area contributed by atoms with E-state index in [4.69, 9.17) is 10.5 Å². The molecule has 0 radical (unpaired) electrons. The zero-order valence-electron chi connectivity index (χ0n) is 9.90. The molecule has 0 aromatic carbocycles. The molecule has 2 N–H and O–H groups in total. The van der Waals surface area contributed by atoms with Crippen molar-refractivity contribution >= 4 is 5.97 Å². The van der Waals surface area contributed by atoms with Crippen molar-refractivity contribution in [3.63, 3.8) is 0 Å². The number of carbonyl (C=O) groups is 1. The van der Waals surface area contributed by atoms with Gasteiger partial charge in [0.15, 0.2) is 0 Å². The molecule has 1 rings (SSSR count). The van der Waals surface area contributed by atoms with Crippen molar-refractivity contribution in [2.24, 2.45) is 5.73 Å². The van der Waals surface area contributed by atoms with Crippen molar-refractivity contribution in [2.75, 3.05) is 13.1 Å². The fraction of sp³-hybridized carbons (Fsp3) is 0.909. The third-order valence-electron chi connectivity index (χ3n) is 2.75. The Kier molecular flexibility index (Phi) is 4.54. The van der Waals surface area contributed by atoms with Crippen LogP contribution in [0.4, 0.5) is 0 Å². The maximum atomic E-state index is 11.5. The highest BCUT2D eigenvalue weighted by molar-refractivity contribution is 5.71. The second-order valence-electron chi connectivity index (χ2n) is 4.64. The van der Waals surface area contributed by atoms with Crippen LogP contribution in [0.1, 0.15) is 33.6 Å². The number of carbonyl (C=O) groups excluding carboxylic acids is 1. The van der Waals surface area contributed by atoms with Gasteiger partial charge in [-0.2, -0.15) is 0 Å². The summed E-state index contributed by atoms with van der Waals surface area (Å²) in [5.41, 5.74) is 5.86. The van der Waals surface area contributed by atoms with Crippen molar-refractivity contribution in [3.8, 4) is 0 Å². The van der Waals surface area contributed by atoms with E-state index in [0.717, 1.165) is 19.4 Å². The van der Waals surface area contributed by atoms with Crippen molar-refractivity contribution in [1.29, 1.82) is 0 Å². The first kappa shape index (κ1) is 12.5. The van der Waals surface area contributed by atoms with Crippen LogP contribution in [0.15, 0.2) is 0 Å². The van der Waals surface area contributed by atoms with Gasteiger partial charge in [-0.15, -0.1) is 0 Å². The van der Waals surface area contributed by atoms with Gasteiger partial charge < -0.3 is 10.5 Å². The normalized spacial score (nSPS) is 28.1. The molecule has 2 atom stereocenters. The Morgan fingerprint density at radius 1 is 1.60 bits per heavy atom. The van der Waals surface area contributed by atoms with Crippen LogP contribution in [-0.4, -0.2) is 42.1 Å². The van der Waals surface area contributed by atoms with E-state index in [1.807, 2.05) is 13.8 Å². The molecule has 1 saturated heterocycles. The molecule has 0 spiro atoms. The van der Waals surface area contributed by atoms with Crippen molar-refractivity contribution in [1.82, 2.24) is 4.90 Å². The highest BCUT2D eigenvalue weighted by atomic mass is 16.5. The van der Waals surface area contributed by atoms with E-state index in [1.54, 1.807) is 0 Å². The number of nitrogens with zero attached hydrogens (tertiary/aromatic N) is 1. The quantitative estimate of drug-likeness (QED) is 0.704. The lowest BCUT2D eigenvalue weighted by Crippen LogP contribution is -2.47. The standard InChI is InChI=1S/C11H22N2O2/c1-8(2)15-11(14)7-13-5-4-10(12)6-9(13)3/h8-10H,4-7,12H2,1-3H3. The van der Waals surface area contributed by atoms with Gasteiger partial charge in [-0.25, -0.2) is 0 Å². The molecule has 1 aliphatic rings. The Balaban J connectivity index is 2.34. The van der Waals surface area contributed by atoms with Crippen LogP contribution in [0.3, 0.4) is 0 Å². The summed E-state index contributed by atoms with van der Waals surface area (Å²) in [5, 5.41) is 0. The molecule has 0 aromatic heterocycles. The van der Waals surface area contributed by atoms with Crippen LogP contribution >= 0.6 is 0 Å². The van der Waals surface area contributed by atoms with Gasteiger partial charge in [-0.05, 0) is 33.6 Å². The second kappa shape index (κ2) is 5.47. The van der Waals surface area contributed by atoms with Gasteiger partial charge in [-0.1, -0.05) is 0 Å². The summed E-state index contributed by atoms with van der Waals surface area (Å²) in [5.74, 6) is -0.132. The first-order chi connectivity index (χ1) is 6.99. The molecule has 0 amide bonds. The van der Waals surface area contributed by atoms with Gasteiger partial charge in [0.05, 0.1) is 12.6 Å². The van der Waals surface area contributed by atoms with E-state index >= 15 is 0 Å². The van der Waals surface area contributed by atoms with Gasteiger partial charge in [0, 0.05) is 18.6 Å². The minimum absolute atomic E-state index is 0.0279. The predicted octanol–water partition coefficient (Wildman–Crippen LogP) is 0.750. The molecule has 0 aromatic rings. The monoisotopic (exact) mass is 214 g/mol. The maximum Gasteiger partial charge on any atom is 0.320 e. The molecule has 1 aliphatic heterocycles. The molecule has 0 bridgehead atoms. The highest BCUT2D eigenvalue weighted by Crippen LogP contribution is 2.15. The van der Waals surface area contributed by atoms with Crippen LogP contribution in [0.5, 0.6) is 0 Å². The van der Waals surface area contributed by atoms with Crippen molar-refractivity contribution < 1.29 is 9.53 Å². The minimum atomic E-state index is -0.132. The van der Waals surface area contributed by atoms with E-state index in [1.165, 1.54) is 0 Å². The van der Waals surface area contributed by atoms with E-state index < -0.39 is 0 Å². The van der Waals surface area contributed by atoms with Crippen molar-refractivity contribution in [2.45, 2.75) is 51.8 Å². The van der Waals surface area contributed by atoms with Gasteiger partial charge in [0.1, 0.15) is 0 Å². The molecule has 88 valence electrons. The minimum Gasteiger partial charge on any atom is -0.462 e. The summed E-state index contributed by atoms with van der Waals surface area (Å²) in [7, 11) is 0. The van der Waals surface area contributed by atoms with Gasteiger partial charge in [-0.3, -0.25) is 9.69 Å². The Morgan fingerprint density at radius 3 is 2.80 bits per heavy atom. The fourth-order valence-electron chi connectivity index (χ4n) is 1.96. The zero-order chi connectivity index (χ0) is 11.4. The molecule has 2 unspecified atom stereocenters. The van der Waals surface area contributed by atoms with Crippen LogP contribution in [-0.2, 0) is 9.53 Å². The summed E-state index contributed by atoms with van der Waals surface area (Å²) in [4.78, 5) is 13.6. The molecular weight excluding hydrogens is 192 g/mol. The Bertz CT molecular complexity index is 219. The number of rotatable bonds is 3. The second-order valence-corrected chi connectivity index (χ2v) is 4.64. The number of piperidine rings is 1. The first-order valence-corrected chi connectivity index (χ1v) is 5.68. The fourth-order valence-corrected chi connectivity index (χ4v) is 1.96. The van der Waals surface area contributed by atoms with Crippen molar-refractivity contribution in [3.05, 3.63) is 0 Å². The summed E-state index contributed by atoms with van der Waals surface area (Å²) in [6.07, 6.45) is 1.91. The van der Waals surface area contributed by atoms with E-state index in [9.17, 15) is 4.79 Å². The summed E-state index contributed by atoms with van der Waals surface area (Å²) >= 11 is 0. The van der Waals surface area contributed by atoms with Crippen LogP contribution in [0.2, 0.25) is 0 Å². The Labute approximate surface area is 91.8 Å². The molecule has 4 heteroatoms. The number of esters is 1. The Hall–Kier alpha value is -0.610. The number of nitrogens with two attached hydrogens (primary N) is 1. The van der Waals surface area contributed by atoms with E-state index in [-0.39, 0.29) is 18.1 Å². The molecule has 0 saturated carbocycles. The summed E-state index contributed by atoms with van der Waals surface area (Å²) in [6, 6.07) is 0.672. The van der Waals surface area contributed by atoms with E-state index in [2.05, 4.69) is 11.8 Å². The number of ether oxygens (including phenoxy) is 1. The lowest BCUT2D eigenvalue weighted by molar-refractivity contribution is -0.149. The Morgan fingerprint density at radius 2 is 2.27 bits per heavy atom. The molecular formula is C11H22N2O2. The molecule has 15 heavy (non-hydrogen) atoms. The first-order valence-electron chi connectivity index (χ1n) is 5.68. The zero-order valence-corrected chi connectivity index (χ0v) is 9.90. The number of hydrogen-bond acceptors (Lipinski definition) is 4. The topological polar surface area (TPSA) is 55.6 Å². The third kappa shape index (κ3) is 4.18. The lowest BCUT2D eigenvalue weighted by atomic mass is 9.99. The predicted molar refractivity (Wildman–Crippen MR) is 59.5 cm³/mol. The smallest absolute Gasteiger partial charge is 0.320 e. The lowest BCUT2D eigenvalue weighted by Gasteiger charge is -2.35. The summed E-state index contributed by atoms with van der Waals surface area (Å²) < 4.78 is 5.12. The third-order valence-corrected chi connectivity index (χ3v) is 2.75. The average molecular weight is 214 g/mol. The molecule has 1 heterocycles. The van der Waals surface area contributed by atoms with Gasteiger partial charge >= 0.3 is 5.97 Å².